The van der Waals surface area contributed by atoms with Gasteiger partial charge in [0.1, 0.15) is 0 Å². The zero-order chi connectivity index (χ0) is 13.5. The number of carbonyl (C=O) groups excluding carboxylic acids is 1. The number of methoxy groups -OCH3 is 1. The third-order valence-corrected chi connectivity index (χ3v) is 2.10. The lowest BCUT2D eigenvalue weighted by Gasteiger charge is -2.11. The number of hydrogen-bond acceptors (Lipinski definition) is 4. The smallest absolute Gasteiger partial charge is 0.328 e. The summed E-state index contributed by atoms with van der Waals surface area (Å²) < 4.78 is 6.30. The Morgan fingerprint density at radius 1 is 1.67 bits per heavy atom. The first-order valence-electron chi connectivity index (χ1n) is 5.22. The molecule has 1 aromatic rings. The normalized spacial score (nSPS) is 12.6. The van der Waals surface area contributed by atoms with Crippen molar-refractivity contribution >= 4 is 18.0 Å². The number of amides is 1. The van der Waals surface area contributed by atoms with E-state index in [9.17, 15) is 9.59 Å². The summed E-state index contributed by atoms with van der Waals surface area (Å²) >= 11 is 0. The maximum atomic E-state index is 11.5. The summed E-state index contributed by atoms with van der Waals surface area (Å²) in [6.45, 7) is -0.0815. The van der Waals surface area contributed by atoms with Crippen LogP contribution in [0.5, 0.6) is 0 Å². The molecule has 1 rings (SSSR count). The molecule has 0 bridgehead atoms. The molecule has 1 amide bonds. The Morgan fingerprint density at radius 2 is 2.39 bits per heavy atom. The minimum Gasteiger partial charge on any atom is -0.480 e. The van der Waals surface area contributed by atoms with E-state index in [-0.39, 0.29) is 6.61 Å². The topological polar surface area (TPSA) is 93.5 Å². The molecule has 98 valence electrons. The summed E-state index contributed by atoms with van der Waals surface area (Å²) in [7, 11) is 3.13. The van der Waals surface area contributed by atoms with Crippen molar-refractivity contribution in [2.45, 2.75) is 6.04 Å². The fourth-order valence-corrected chi connectivity index (χ4v) is 1.26. The van der Waals surface area contributed by atoms with Gasteiger partial charge in [-0.1, -0.05) is 0 Å². The summed E-state index contributed by atoms with van der Waals surface area (Å²) in [5, 5.41) is 15.1. The number of aromatic nitrogens is 2. The average molecular weight is 253 g/mol. The molecule has 7 nitrogen and oxygen atoms in total. The second-order valence-corrected chi connectivity index (χ2v) is 3.64. The van der Waals surface area contributed by atoms with E-state index in [1.165, 1.54) is 13.2 Å². The second kappa shape index (κ2) is 6.55. The van der Waals surface area contributed by atoms with Gasteiger partial charge in [-0.2, -0.15) is 5.10 Å². The molecule has 18 heavy (non-hydrogen) atoms. The molecule has 1 unspecified atom stereocenters. The zero-order valence-electron chi connectivity index (χ0n) is 10.2. The molecule has 1 atom stereocenters. The van der Waals surface area contributed by atoms with Crippen LogP contribution in [0.1, 0.15) is 5.56 Å². The van der Waals surface area contributed by atoms with Crippen molar-refractivity contribution in [2.24, 2.45) is 7.05 Å². The predicted molar refractivity (Wildman–Crippen MR) is 63.7 cm³/mol. The van der Waals surface area contributed by atoms with Gasteiger partial charge in [0.05, 0.1) is 12.8 Å². The van der Waals surface area contributed by atoms with Crippen LogP contribution in [-0.4, -0.2) is 46.5 Å². The van der Waals surface area contributed by atoms with Gasteiger partial charge < -0.3 is 15.2 Å². The monoisotopic (exact) mass is 253 g/mol. The third-order valence-electron chi connectivity index (χ3n) is 2.10. The molecule has 0 saturated carbocycles. The van der Waals surface area contributed by atoms with Gasteiger partial charge in [-0.3, -0.25) is 9.48 Å². The lowest BCUT2D eigenvalue weighted by atomic mass is 10.3. The number of nitrogens with zero attached hydrogens (tertiary/aromatic N) is 2. The van der Waals surface area contributed by atoms with Gasteiger partial charge in [-0.05, 0) is 6.08 Å². The van der Waals surface area contributed by atoms with Crippen LogP contribution in [0.25, 0.3) is 6.08 Å². The highest BCUT2D eigenvalue weighted by Gasteiger charge is 2.18. The van der Waals surface area contributed by atoms with Crippen LogP contribution in [-0.2, 0) is 21.4 Å². The van der Waals surface area contributed by atoms with Gasteiger partial charge in [0, 0.05) is 32.0 Å². The number of carbonyl (C=O) groups is 2. The number of hydrogen-bond donors (Lipinski definition) is 2. The van der Waals surface area contributed by atoms with E-state index < -0.39 is 17.9 Å². The van der Waals surface area contributed by atoms with Crippen molar-refractivity contribution in [3.05, 3.63) is 24.0 Å². The van der Waals surface area contributed by atoms with Crippen molar-refractivity contribution < 1.29 is 19.4 Å². The molecule has 0 aliphatic carbocycles. The Balaban J connectivity index is 2.54. The van der Waals surface area contributed by atoms with E-state index in [0.717, 1.165) is 5.56 Å². The summed E-state index contributed by atoms with van der Waals surface area (Å²) in [4.78, 5) is 22.2. The van der Waals surface area contributed by atoms with E-state index >= 15 is 0 Å². The fraction of sp³-hybridized carbons (Fsp3) is 0.364. The molecule has 0 fully saturated rings. The Labute approximate surface area is 104 Å². The fourth-order valence-electron chi connectivity index (χ4n) is 1.26. The summed E-state index contributed by atoms with van der Waals surface area (Å²) in [6.07, 6.45) is 6.12. The number of rotatable bonds is 6. The molecule has 0 aliphatic heterocycles. The maximum absolute atomic E-state index is 11.5. The first kappa shape index (κ1) is 13.9. The molecule has 0 aromatic carbocycles. The van der Waals surface area contributed by atoms with Crippen LogP contribution in [0.2, 0.25) is 0 Å². The minimum atomic E-state index is -1.14. The van der Waals surface area contributed by atoms with E-state index in [4.69, 9.17) is 9.84 Å². The lowest BCUT2D eigenvalue weighted by molar-refractivity contribution is -0.142. The average Bonchev–Trinajstić information content (AvgIpc) is 2.72. The van der Waals surface area contributed by atoms with Crippen LogP contribution < -0.4 is 5.32 Å². The molecule has 0 radical (unpaired) electrons. The van der Waals surface area contributed by atoms with Crippen molar-refractivity contribution in [3.63, 3.8) is 0 Å². The van der Waals surface area contributed by atoms with Crippen molar-refractivity contribution in [1.82, 2.24) is 15.1 Å². The lowest BCUT2D eigenvalue weighted by Crippen LogP contribution is -2.43. The first-order chi connectivity index (χ1) is 8.52. The van der Waals surface area contributed by atoms with Crippen LogP contribution >= 0.6 is 0 Å². The SMILES string of the molecule is COCC(NC(=O)/C=C/c1cnn(C)c1)C(=O)O. The highest BCUT2D eigenvalue weighted by atomic mass is 16.5. The summed E-state index contributed by atoms with van der Waals surface area (Å²) in [6, 6.07) is -1.05. The van der Waals surface area contributed by atoms with Crippen molar-refractivity contribution in [2.75, 3.05) is 13.7 Å². The Morgan fingerprint density at radius 3 is 2.89 bits per heavy atom. The van der Waals surface area contributed by atoms with E-state index in [1.807, 2.05) is 0 Å². The molecule has 1 heterocycles. The number of carboxylic acids is 1. The molecule has 0 saturated heterocycles. The molecule has 0 spiro atoms. The first-order valence-corrected chi connectivity index (χ1v) is 5.22. The van der Waals surface area contributed by atoms with Crippen LogP contribution in [0, 0.1) is 0 Å². The van der Waals surface area contributed by atoms with E-state index in [2.05, 4.69) is 10.4 Å². The maximum Gasteiger partial charge on any atom is 0.328 e. The van der Waals surface area contributed by atoms with Gasteiger partial charge in [0.25, 0.3) is 0 Å². The van der Waals surface area contributed by atoms with Gasteiger partial charge in [0.15, 0.2) is 6.04 Å². The molecule has 1 aromatic heterocycles. The quantitative estimate of drug-likeness (QED) is 0.676. The molecule has 2 N–H and O–H groups in total. The molecular formula is C11H15N3O4. The number of aliphatic carboxylic acids is 1. The standard InChI is InChI=1S/C11H15N3O4/c1-14-6-8(5-12-14)3-4-10(15)13-9(7-18-2)11(16)17/h3-6,9H,7H2,1-2H3,(H,13,15)(H,16,17)/b4-3+. The van der Waals surface area contributed by atoms with Gasteiger partial charge in [-0.15, -0.1) is 0 Å². The zero-order valence-corrected chi connectivity index (χ0v) is 10.2. The van der Waals surface area contributed by atoms with Gasteiger partial charge >= 0.3 is 5.97 Å². The number of ether oxygens (including phenoxy) is 1. The minimum absolute atomic E-state index is 0.0815. The van der Waals surface area contributed by atoms with Gasteiger partial charge in [0.2, 0.25) is 5.91 Å². The van der Waals surface area contributed by atoms with E-state index in [1.54, 1.807) is 30.2 Å². The van der Waals surface area contributed by atoms with Crippen LogP contribution in [0.4, 0.5) is 0 Å². The number of carboxylic acid groups (broad SMARTS) is 1. The molecular weight excluding hydrogens is 238 g/mol. The molecule has 0 aliphatic rings. The predicted octanol–water partition coefficient (Wildman–Crippen LogP) is -0.351. The number of nitrogens with one attached hydrogen (secondary N) is 1. The highest BCUT2D eigenvalue weighted by molar-refractivity contribution is 5.94. The second-order valence-electron chi connectivity index (χ2n) is 3.64. The number of aryl methyl sites for hydroxylation is 1. The third kappa shape index (κ3) is 4.38. The highest BCUT2D eigenvalue weighted by Crippen LogP contribution is 1.98. The van der Waals surface area contributed by atoms with Gasteiger partial charge in [-0.25, -0.2) is 4.79 Å². The largest absolute Gasteiger partial charge is 0.480 e. The Hall–Kier alpha value is -2.15. The van der Waals surface area contributed by atoms with E-state index in [0.29, 0.717) is 0 Å². The van der Waals surface area contributed by atoms with Crippen LogP contribution in [0.3, 0.4) is 0 Å². The summed E-state index contributed by atoms with van der Waals surface area (Å²) in [5.41, 5.74) is 0.756. The Kier molecular flexibility index (Phi) is 5.06. The van der Waals surface area contributed by atoms with Crippen LogP contribution in [0.15, 0.2) is 18.5 Å². The van der Waals surface area contributed by atoms with Crippen molar-refractivity contribution in [3.8, 4) is 0 Å². The Bertz CT molecular complexity index is 453. The van der Waals surface area contributed by atoms with Crippen molar-refractivity contribution in [1.29, 1.82) is 0 Å². The molecule has 7 heteroatoms. The summed E-state index contributed by atoms with van der Waals surface area (Å²) in [5.74, 6) is -1.64.